The molecule has 2 aromatic carbocycles. The molecule has 0 radical (unpaired) electrons. The quantitative estimate of drug-likeness (QED) is 0.405. The molecule has 1 aliphatic rings. The van der Waals surface area contributed by atoms with Crippen molar-refractivity contribution in [1.29, 1.82) is 0 Å². The van der Waals surface area contributed by atoms with Gasteiger partial charge < -0.3 is 4.74 Å². The number of hydrogen-bond donors (Lipinski definition) is 0. The summed E-state index contributed by atoms with van der Waals surface area (Å²) in [7, 11) is 0. The van der Waals surface area contributed by atoms with E-state index in [4.69, 9.17) is 9.72 Å². The van der Waals surface area contributed by atoms with E-state index in [0.29, 0.717) is 11.6 Å². The van der Waals surface area contributed by atoms with E-state index in [9.17, 15) is 4.79 Å². The minimum Gasteiger partial charge on any atom is -0.379 e. The van der Waals surface area contributed by atoms with E-state index in [1.54, 1.807) is 11.3 Å². The van der Waals surface area contributed by atoms with Crippen molar-refractivity contribution in [3.05, 3.63) is 52.5 Å². The van der Waals surface area contributed by atoms with Crippen LogP contribution >= 0.6 is 22.7 Å². The van der Waals surface area contributed by atoms with Gasteiger partial charge in [-0.25, -0.2) is 9.97 Å². The fourth-order valence-corrected chi connectivity index (χ4v) is 6.20. The number of aryl methyl sites for hydroxylation is 2. The number of morpholine rings is 1. The molecule has 1 amide bonds. The van der Waals surface area contributed by atoms with Gasteiger partial charge >= 0.3 is 0 Å². The Morgan fingerprint density at radius 3 is 2.72 bits per heavy atom. The van der Waals surface area contributed by atoms with Gasteiger partial charge in [0.15, 0.2) is 10.1 Å². The number of fused-ring (bicyclic) bond motifs is 2. The van der Waals surface area contributed by atoms with E-state index < -0.39 is 0 Å². The van der Waals surface area contributed by atoms with Gasteiger partial charge in [0.25, 0.3) is 5.91 Å². The van der Waals surface area contributed by atoms with E-state index in [-0.39, 0.29) is 5.91 Å². The summed E-state index contributed by atoms with van der Waals surface area (Å²) in [5.41, 5.74) is 4.19. The van der Waals surface area contributed by atoms with Crippen molar-refractivity contribution in [1.82, 2.24) is 14.9 Å². The Hall–Kier alpha value is -2.39. The van der Waals surface area contributed by atoms with Crippen molar-refractivity contribution >= 4 is 54.1 Å². The SMILES string of the molecule is Cc1cc(C)c2nc(N(CCCN3CCOCC3)C(=O)c3nc4ccccc4s3)sc2c1. The van der Waals surface area contributed by atoms with Gasteiger partial charge in [-0.2, -0.15) is 0 Å². The van der Waals surface area contributed by atoms with Crippen LogP contribution in [0.5, 0.6) is 0 Å². The zero-order valence-electron chi connectivity index (χ0n) is 18.3. The summed E-state index contributed by atoms with van der Waals surface area (Å²) >= 11 is 3.04. The number of ether oxygens (including phenoxy) is 1. The molecule has 166 valence electrons. The van der Waals surface area contributed by atoms with Gasteiger partial charge in [0.1, 0.15) is 0 Å². The molecule has 0 atom stereocenters. The lowest BCUT2D eigenvalue weighted by molar-refractivity contribution is 0.0376. The second-order valence-electron chi connectivity index (χ2n) is 8.18. The lowest BCUT2D eigenvalue weighted by Crippen LogP contribution is -2.39. The van der Waals surface area contributed by atoms with Crippen molar-refractivity contribution in [3.63, 3.8) is 0 Å². The highest BCUT2D eigenvalue weighted by Gasteiger charge is 2.25. The third-order valence-corrected chi connectivity index (χ3v) is 7.78. The second-order valence-corrected chi connectivity index (χ2v) is 10.2. The van der Waals surface area contributed by atoms with Crippen LogP contribution in [-0.2, 0) is 4.74 Å². The van der Waals surface area contributed by atoms with Crippen LogP contribution in [0.2, 0.25) is 0 Å². The number of anilines is 1. The molecule has 32 heavy (non-hydrogen) atoms. The molecule has 0 bridgehead atoms. The summed E-state index contributed by atoms with van der Waals surface area (Å²) in [4.78, 5) is 27.4. The summed E-state index contributed by atoms with van der Waals surface area (Å²) in [6.45, 7) is 9.20. The summed E-state index contributed by atoms with van der Waals surface area (Å²) in [5.74, 6) is -0.0680. The van der Waals surface area contributed by atoms with Gasteiger partial charge in [0, 0.05) is 26.2 Å². The molecule has 4 aromatic rings. The molecule has 8 heteroatoms. The van der Waals surface area contributed by atoms with E-state index >= 15 is 0 Å². The van der Waals surface area contributed by atoms with Crippen LogP contribution in [0.1, 0.15) is 27.3 Å². The predicted molar refractivity (Wildman–Crippen MR) is 132 cm³/mol. The molecule has 0 N–H and O–H groups in total. The van der Waals surface area contributed by atoms with Crippen LogP contribution in [-0.4, -0.2) is 60.2 Å². The Morgan fingerprint density at radius 1 is 1.09 bits per heavy atom. The van der Waals surface area contributed by atoms with Crippen molar-refractivity contribution in [2.24, 2.45) is 0 Å². The van der Waals surface area contributed by atoms with Crippen LogP contribution in [0.15, 0.2) is 36.4 Å². The number of para-hydroxylation sites is 1. The predicted octanol–water partition coefficient (Wildman–Crippen LogP) is 4.89. The zero-order chi connectivity index (χ0) is 22.1. The normalized spacial score (nSPS) is 14.9. The number of hydrogen-bond acceptors (Lipinski definition) is 7. The Labute approximate surface area is 195 Å². The molecule has 0 saturated carbocycles. The zero-order valence-corrected chi connectivity index (χ0v) is 20.0. The summed E-state index contributed by atoms with van der Waals surface area (Å²) in [5, 5.41) is 1.27. The molecule has 6 nitrogen and oxygen atoms in total. The number of nitrogens with zero attached hydrogens (tertiary/aromatic N) is 4. The van der Waals surface area contributed by atoms with Gasteiger partial charge in [-0.1, -0.05) is 29.5 Å². The standard InChI is InChI=1S/C24H26N4O2S2/c1-16-14-17(2)21-20(15-16)32-24(26-21)28(9-5-8-27-10-12-30-13-11-27)23(29)22-25-18-6-3-4-7-19(18)31-22/h3-4,6-7,14-15H,5,8-13H2,1-2H3. The molecule has 1 saturated heterocycles. The first-order valence-corrected chi connectivity index (χ1v) is 12.6. The van der Waals surface area contributed by atoms with Crippen LogP contribution in [0, 0.1) is 13.8 Å². The maximum absolute atomic E-state index is 13.6. The molecule has 5 rings (SSSR count). The van der Waals surface area contributed by atoms with Gasteiger partial charge in [-0.15, -0.1) is 11.3 Å². The van der Waals surface area contributed by atoms with E-state index in [2.05, 4.69) is 35.9 Å². The third-order valence-electron chi connectivity index (χ3n) is 5.73. The molecule has 0 unspecified atom stereocenters. The van der Waals surface area contributed by atoms with Gasteiger partial charge in [-0.05, 0) is 49.6 Å². The van der Waals surface area contributed by atoms with Crippen molar-refractivity contribution in [3.8, 4) is 0 Å². The van der Waals surface area contributed by atoms with Crippen LogP contribution in [0.3, 0.4) is 0 Å². The Balaban J connectivity index is 1.45. The molecule has 0 aliphatic carbocycles. The maximum atomic E-state index is 13.6. The number of rotatable bonds is 6. The van der Waals surface area contributed by atoms with Crippen LogP contribution < -0.4 is 4.90 Å². The van der Waals surface area contributed by atoms with E-state index in [1.807, 2.05) is 29.2 Å². The fourth-order valence-electron chi connectivity index (χ4n) is 4.11. The summed E-state index contributed by atoms with van der Waals surface area (Å²) in [6.07, 6.45) is 0.880. The smallest absolute Gasteiger partial charge is 0.289 e. The third kappa shape index (κ3) is 4.41. The van der Waals surface area contributed by atoms with Gasteiger partial charge in [0.05, 0.1) is 33.6 Å². The molecular weight excluding hydrogens is 440 g/mol. The second kappa shape index (κ2) is 9.23. The highest BCUT2D eigenvalue weighted by molar-refractivity contribution is 7.23. The first kappa shape index (κ1) is 21.5. The minimum absolute atomic E-state index is 0.0680. The molecule has 2 aromatic heterocycles. The van der Waals surface area contributed by atoms with Crippen LogP contribution in [0.4, 0.5) is 5.13 Å². The number of amides is 1. The highest BCUT2D eigenvalue weighted by Crippen LogP contribution is 2.33. The van der Waals surface area contributed by atoms with Crippen molar-refractivity contribution in [2.45, 2.75) is 20.3 Å². The maximum Gasteiger partial charge on any atom is 0.289 e. The average molecular weight is 467 g/mol. The number of thiazole rings is 2. The number of carbonyl (C=O) groups is 1. The van der Waals surface area contributed by atoms with E-state index in [0.717, 1.165) is 70.4 Å². The molecule has 3 heterocycles. The topological polar surface area (TPSA) is 58.6 Å². The first-order valence-electron chi connectivity index (χ1n) is 10.9. The molecule has 0 spiro atoms. The van der Waals surface area contributed by atoms with Gasteiger partial charge in [0.2, 0.25) is 0 Å². The Bertz CT molecular complexity index is 1230. The number of carbonyl (C=O) groups excluding carboxylic acids is 1. The number of benzene rings is 2. The van der Waals surface area contributed by atoms with Crippen molar-refractivity contribution in [2.75, 3.05) is 44.3 Å². The molecule has 1 fully saturated rings. The summed E-state index contributed by atoms with van der Waals surface area (Å²) < 4.78 is 7.60. The summed E-state index contributed by atoms with van der Waals surface area (Å²) in [6, 6.07) is 12.2. The van der Waals surface area contributed by atoms with E-state index in [1.165, 1.54) is 16.9 Å². The largest absolute Gasteiger partial charge is 0.379 e. The fraction of sp³-hybridized carbons (Fsp3) is 0.375. The lowest BCUT2D eigenvalue weighted by atomic mass is 10.1. The monoisotopic (exact) mass is 466 g/mol. The van der Waals surface area contributed by atoms with Crippen LogP contribution in [0.25, 0.3) is 20.4 Å². The van der Waals surface area contributed by atoms with Crippen molar-refractivity contribution < 1.29 is 9.53 Å². The first-order chi connectivity index (χ1) is 15.6. The lowest BCUT2D eigenvalue weighted by Gasteiger charge is -2.27. The minimum atomic E-state index is -0.0680. The van der Waals surface area contributed by atoms with Gasteiger partial charge in [-0.3, -0.25) is 14.6 Å². The molecular formula is C24H26N4O2S2. The molecule has 1 aliphatic heterocycles. The Kier molecular flexibility index (Phi) is 6.19. The highest BCUT2D eigenvalue weighted by atomic mass is 32.1. The number of aromatic nitrogens is 2. The average Bonchev–Trinajstić information content (AvgIpc) is 3.41. The Morgan fingerprint density at radius 2 is 1.91 bits per heavy atom.